The number of esters is 5. The quantitative estimate of drug-likeness (QED) is 0.0221. The maximum Gasteiger partial charge on any atom is 0.306 e. The number of aryl methyl sites for hydroxylation is 10. The Bertz CT molecular complexity index is 3310. The first-order valence-corrected chi connectivity index (χ1v) is 34.3. The molecule has 0 spiro atoms. The van der Waals surface area contributed by atoms with Crippen LogP contribution in [0.2, 0.25) is 0 Å². The molecule has 0 saturated heterocycles. The van der Waals surface area contributed by atoms with Crippen LogP contribution < -0.4 is 0 Å². The average Bonchev–Trinajstić information content (AvgIpc) is 0.858. The number of phenols is 5. The first-order valence-electron chi connectivity index (χ1n) is 34.3. The van der Waals surface area contributed by atoms with E-state index in [9.17, 15) is 49.5 Å². The van der Waals surface area contributed by atoms with Crippen molar-refractivity contribution in [2.45, 2.75) is 280 Å². The number of benzene rings is 5. The summed E-state index contributed by atoms with van der Waals surface area (Å²) in [6.45, 7) is 38.1. The Balaban J connectivity index is 1.65. The summed E-state index contributed by atoms with van der Waals surface area (Å²) in [5, 5.41) is 56.2. The van der Waals surface area contributed by atoms with E-state index in [1.165, 1.54) is 0 Å². The van der Waals surface area contributed by atoms with E-state index in [1.807, 2.05) is 199 Å². The second kappa shape index (κ2) is 32.9. The van der Waals surface area contributed by atoms with Gasteiger partial charge in [-0.15, -0.1) is 0 Å². The highest BCUT2D eigenvalue weighted by molar-refractivity contribution is 5.74. The van der Waals surface area contributed by atoms with Crippen LogP contribution in [0.25, 0.3) is 0 Å². The summed E-state index contributed by atoms with van der Waals surface area (Å²) in [6, 6.07) is 18.6. The number of hydrogen-bond donors (Lipinski definition) is 5. The maximum atomic E-state index is 14.8. The Morgan fingerprint density at radius 3 is 0.684 bits per heavy atom. The number of carbonyl (C=O) groups excluding carboxylic acids is 5. The molecule has 15 heteroatoms. The topological polar surface area (TPSA) is 233 Å². The van der Waals surface area contributed by atoms with Crippen LogP contribution in [0.5, 0.6) is 28.7 Å². The van der Waals surface area contributed by atoms with Crippen LogP contribution >= 0.6 is 0 Å². The predicted molar refractivity (Wildman–Crippen MR) is 374 cm³/mol. The number of carbonyl (C=O) groups is 5. The number of ether oxygens (including phenoxy) is 5. The average molecular weight is 1310 g/mol. The molecule has 0 aromatic heterocycles. The minimum atomic E-state index is -1.77. The molecule has 0 radical (unpaired) electrons. The smallest absolute Gasteiger partial charge is 0.306 e. The fraction of sp³-hybridized carbons (Fsp3) is 0.562. The number of phenolic OH excluding ortho intramolecular Hbond substituents is 5. The number of hydrogen-bond acceptors (Lipinski definition) is 15. The molecular formula is C80H112O15. The molecule has 5 aromatic carbocycles. The lowest BCUT2D eigenvalue weighted by Crippen LogP contribution is -2.50. The summed E-state index contributed by atoms with van der Waals surface area (Å²) < 4.78 is 31.3. The molecule has 0 aliphatic carbocycles. The summed E-state index contributed by atoms with van der Waals surface area (Å²) in [5.41, 5.74) is 8.69. The normalized spacial score (nSPS) is 13.2. The Labute approximate surface area is 566 Å². The lowest BCUT2D eigenvalue weighted by molar-refractivity contribution is -0.197. The van der Waals surface area contributed by atoms with Crippen LogP contribution in [0, 0.1) is 0 Å². The summed E-state index contributed by atoms with van der Waals surface area (Å²) >= 11 is 0. The molecule has 3 atom stereocenters. The molecule has 95 heavy (non-hydrogen) atoms. The van der Waals surface area contributed by atoms with Gasteiger partial charge in [-0.05, 0) is 175 Å². The Kier molecular flexibility index (Phi) is 27.1. The van der Waals surface area contributed by atoms with Gasteiger partial charge in [-0.25, -0.2) is 0 Å². The van der Waals surface area contributed by atoms with Crippen molar-refractivity contribution < 1.29 is 73.2 Å². The zero-order valence-corrected chi connectivity index (χ0v) is 60.8. The molecule has 0 bridgehead atoms. The van der Waals surface area contributed by atoms with Crippen LogP contribution in [0.1, 0.15) is 254 Å². The third kappa shape index (κ3) is 22.0. The fourth-order valence-corrected chi connectivity index (χ4v) is 11.9. The molecule has 5 N–H and O–H groups in total. The van der Waals surface area contributed by atoms with E-state index < -0.39 is 88.4 Å². The van der Waals surface area contributed by atoms with Gasteiger partial charge in [0.25, 0.3) is 0 Å². The van der Waals surface area contributed by atoms with Gasteiger partial charge in [0.15, 0.2) is 18.3 Å². The third-order valence-corrected chi connectivity index (χ3v) is 17.7. The summed E-state index contributed by atoms with van der Waals surface area (Å²) in [6.07, 6.45) is -2.63. The predicted octanol–water partition coefficient (Wildman–Crippen LogP) is 15.8. The van der Waals surface area contributed by atoms with Crippen LogP contribution in [0.15, 0.2) is 60.7 Å². The van der Waals surface area contributed by atoms with Gasteiger partial charge in [-0.2, -0.15) is 0 Å². The Hall–Kier alpha value is -7.55. The van der Waals surface area contributed by atoms with E-state index in [-0.39, 0.29) is 93.0 Å². The van der Waals surface area contributed by atoms with Gasteiger partial charge in [0, 0.05) is 32.1 Å². The van der Waals surface area contributed by atoms with Crippen LogP contribution in [-0.2, 0) is 139 Å². The molecule has 5 rings (SSSR count). The van der Waals surface area contributed by atoms with Crippen LogP contribution in [0.4, 0.5) is 0 Å². The van der Waals surface area contributed by atoms with Gasteiger partial charge < -0.3 is 49.2 Å². The molecule has 522 valence electrons. The van der Waals surface area contributed by atoms with Gasteiger partial charge in [0.2, 0.25) is 0 Å². The summed E-state index contributed by atoms with van der Waals surface area (Å²) in [5.74, 6) is -2.88. The van der Waals surface area contributed by atoms with Crippen molar-refractivity contribution in [3.63, 3.8) is 0 Å². The largest absolute Gasteiger partial charge is 0.507 e. The van der Waals surface area contributed by atoms with Crippen molar-refractivity contribution in [1.29, 1.82) is 0 Å². The molecule has 0 fully saturated rings. The van der Waals surface area contributed by atoms with Crippen molar-refractivity contribution in [3.8, 4) is 28.7 Å². The first-order chi connectivity index (χ1) is 44.1. The van der Waals surface area contributed by atoms with E-state index in [0.717, 1.165) is 50.1 Å². The monoisotopic (exact) mass is 1310 g/mol. The van der Waals surface area contributed by atoms with E-state index in [2.05, 4.69) is 0 Å². The highest BCUT2D eigenvalue weighted by Gasteiger charge is 2.41. The lowest BCUT2D eigenvalue weighted by Gasteiger charge is -2.32. The van der Waals surface area contributed by atoms with Crippen molar-refractivity contribution in [3.05, 3.63) is 144 Å². The minimum Gasteiger partial charge on any atom is -0.507 e. The fourth-order valence-electron chi connectivity index (χ4n) is 11.9. The molecule has 1 unspecified atom stereocenters. The molecule has 0 aliphatic heterocycles. The second-order valence-electron chi connectivity index (χ2n) is 30.7. The van der Waals surface area contributed by atoms with E-state index >= 15 is 0 Å². The molecule has 5 aromatic rings. The van der Waals surface area contributed by atoms with Gasteiger partial charge in [-0.1, -0.05) is 199 Å². The third-order valence-electron chi connectivity index (χ3n) is 17.7. The second-order valence-corrected chi connectivity index (χ2v) is 30.7. The van der Waals surface area contributed by atoms with Gasteiger partial charge >= 0.3 is 29.8 Å². The number of aromatic hydroxyl groups is 5. The molecule has 0 amide bonds. The lowest BCUT2D eigenvalue weighted by atomic mass is 9.83. The van der Waals surface area contributed by atoms with Crippen molar-refractivity contribution in [2.75, 3.05) is 13.2 Å². The zero-order valence-electron chi connectivity index (χ0n) is 60.8. The maximum absolute atomic E-state index is 14.8. The van der Waals surface area contributed by atoms with Gasteiger partial charge in [0.1, 0.15) is 42.0 Å². The SMILES string of the molecule is CCc1cc(CCC(=O)OC[C@H](OC(=O)CCc2cc(CC)c(O)c(C(C)(C)C)c2)C(OC(=O)CCc2cc(CC)c(O)c(C(C)(C)C)c2)[C@@H](COC(=O)CCc2cc(CC)c(O)c(C(C)(C)C)c2)OC(=O)CCc2cc(CC)c(O)c(C(C)(C)C)c2)cc(C(C)(C)C)c1O. The molecule has 0 saturated carbocycles. The standard InChI is InChI=1S/C80H112O15/c1-21-53-36-48(41-58(70(53)86)76(6,7)8)26-31-65(81)91-46-63(93-67(83)33-28-50-38-55(23-3)72(88)60(43-50)78(12,13)14)75(95-69(85)35-30-52-40-57(25-5)74(90)62(45-52)80(18,19)20)64(94-68(84)34-29-51-39-56(24-4)73(89)61(44-51)79(15,16)17)47-92-66(82)32-27-49-37-54(22-2)71(87)59(42-49)77(9,10)11/h36-45,63-64,75,86-90H,21-35,46-47H2,1-20H3/t63-,64+,75?. The van der Waals surface area contributed by atoms with E-state index in [4.69, 9.17) is 23.7 Å². The van der Waals surface area contributed by atoms with E-state index in [0.29, 0.717) is 65.5 Å². The van der Waals surface area contributed by atoms with E-state index in [1.54, 1.807) is 0 Å². The molecular weight excluding hydrogens is 1200 g/mol. The molecule has 0 heterocycles. The van der Waals surface area contributed by atoms with Crippen molar-refractivity contribution in [2.24, 2.45) is 0 Å². The highest BCUT2D eigenvalue weighted by atomic mass is 16.6. The van der Waals surface area contributed by atoms with Gasteiger partial charge in [0.05, 0.1) is 0 Å². The molecule has 0 aliphatic rings. The zero-order chi connectivity index (χ0) is 71.3. The Morgan fingerprint density at radius 2 is 0.495 bits per heavy atom. The first kappa shape index (κ1) is 78.1. The van der Waals surface area contributed by atoms with Gasteiger partial charge in [-0.3, -0.25) is 24.0 Å². The number of rotatable bonds is 29. The summed E-state index contributed by atoms with van der Waals surface area (Å²) in [7, 11) is 0. The molecule has 15 nitrogen and oxygen atoms in total. The minimum absolute atomic E-state index is 0.133. The van der Waals surface area contributed by atoms with Crippen LogP contribution in [-0.4, -0.2) is 86.9 Å². The van der Waals surface area contributed by atoms with Crippen LogP contribution in [0.3, 0.4) is 0 Å². The van der Waals surface area contributed by atoms with Crippen molar-refractivity contribution in [1.82, 2.24) is 0 Å². The van der Waals surface area contributed by atoms with Crippen molar-refractivity contribution >= 4 is 29.8 Å². The summed E-state index contributed by atoms with van der Waals surface area (Å²) in [4.78, 5) is 72.6. The highest BCUT2D eigenvalue weighted by Crippen LogP contribution is 2.40. The Morgan fingerprint density at radius 1 is 0.305 bits per heavy atom.